The molecule has 1 heterocycles. The third kappa shape index (κ3) is 4.65. The van der Waals surface area contributed by atoms with Gasteiger partial charge in [0.1, 0.15) is 0 Å². The van der Waals surface area contributed by atoms with Gasteiger partial charge < -0.3 is 19.5 Å². The number of carboxylic acid groups (broad SMARTS) is 1. The fourth-order valence-electron chi connectivity index (χ4n) is 3.24. The first kappa shape index (κ1) is 19.1. The molecule has 0 bridgehead atoms. The third-order valence-electron chi connectivity index (χ3n) is 4.35. The Hall–Kier alpha value is -2.24. The lowest BCUT2D eigenvalue weighted by Crippen LogP contribution is -2.43. The molecule has 1 N–H and O–H groups in total. The maximum absolute atomic E-state index is 13.0. The monoisotopic (exact) mass is 349 g/mol. The van der Waals surface area contributed by atoms with Crippen molar-refractivity contribution in [3.63, 3.8) is 0 Å². The van der Waals surface area contributed by atoms with Crippen LogP contribution in [0.15, 0.2) is 18.2 Å². The number of carboxylic acids is 1. The van der Waals surface area contributed by atoms with Gasteiger partial charge in [-0.05, 0) is 43.4 Å². The first-order valence-electron chi connectivity index (χ1n) is 8.66. The fourth-order valence-corrected chi connectivity index (χ4v) is 3.24. The summed E-state index contributed by atoms with van der Waals surface area (Å²) in [5.41, 5.74) is 0.557. The van der Waals surface area contributed by atoms with Crippen LogP contribution in [0.2, 0.25) is 0 Å². The number of hydrogen-bond acceptors (Lipinski definition) is 4. The van der Waals surface area contributed by atoms with Crippen molar-refractivity contribution in [2.45, 2.75) is 46.6 Å². The van der Waals surface area contributed by atoms with Crippen LogP contribution in [0.4, 0.5) is 0 Å². The van der Waals surface area contributed by atoms with Gasteiger partial charge in [-0.2, -0.15) is 0 Å². The Morgan fingerprint density at radius 3 is 2.56 bits per heavy atom. The fraction of sp³-hybridized carbons (Fsp3) is 0.579. The summed E-state index contributed by atoms with van der Waals surface area (Å²) in [6.45, 7) is 8.97. The Bertz CT molecular complexity index is 635. The van der Waals surface area contributed by atoms with Gasteiger partial charge in [0, 0.05) is 18.2 Å². The molecule has 1 saturated heterocycles. The maximum Gasteiger partial charge on any atom is 0.341 e. The highest BCUT2D eigenvalue weighted by Crippen LogP contribution is 2.35. The van der Waals surface area contributed by atoms with Gasteiger partial charge in [0.05, 0.1) is 6.61 Å². The summed E-state index contributed by atoms with van der Waals surface area (Å²) in [4.78, 5) is 25.6. The molecule has 1 atom stereocenters. The van der Waals surface area contributed by atoms with E-state index >= 15 is 0 Å². The number of aliphatic carboxylic acids is 1. The Morgan fingerprint density at radius 2 is 1.96 bits per heavy atom. The molecule has 1 amide bonds. The smallest absolute Gasteiger partial charge is 0.341 e. The van der Waals surface area contributed by atoms with E-state index < -0.39 is 12.6 Å². The number of carbonyl (C=O) groups excluding carboxylic acids is 1. The number of amides is 1. The molecular weight excluding hydrogens is 322 g/mol. The quantitative estimate of drug-likeness (QED) is 0.853. The second kappa shape index (κ2) is 7.76. The maximum atomic E-state index is 13.0. The van der Waals surface area contributed by atoms with Gasteiger partial charge in [0.25, 0.3) is 5.91 Å². The second-order valence-electron chi connectivity index (χ2n) is 7.30. The Labute approximate surface area is 148 Å². The van der Waals surface area contributed by atoms with Gasteiger partial charge in [-0.1, -0.05) is 20.8 Å². The molecule has 25 heavy (non-hydrogen) atoms. The molecule has 2 rings (SSSR count). The van der Waals surface area contributed by atoms with Crippen molar-refractivity contribution in [1.82, 2.24) is 4.90 Å². The highest BCUT2D eigenvalue weighted by atomic mass is 16.5. The summed E-state index contributed by atoms with van der Waals surface area (Å²) in [7, 11) is 0. The van der Waals surface area contributed by atoms with E-state index in [-0.39, 0.29) is 17.4 Å². The summed E-state index contributed by atoms with van der Waals surface area (Å²) < 4.78 is 10.8. The Balaban J connectivity index is 2.24. The highest BCUT2D eigenvalue weighted by Gasteiger charge is 2.37. The van der Waals surface area contributed by atoms with Crippen molar-refractivity contribution < 1.29 is 24.2 Å². The van der Waals surface area contributed by atoms with E-state index in [1.54, 1.807) is 18.2 Å². The van der Waals surface area contributed by atoms with Crippen molar-refractivity contribution in [3.05, 3.63) is 23.8 Å². The molecule has 1 aliphatic heterocycles. The summed E-state index contributed by atoms with van der Waals surface area (Å²) in [5.74, 6) is -0.369. The number of rotatable bonds is 6. The van der Waals surface area contributed by atoms with Crippen molar-refractivity contribution in [2.24, 2.45) is 5.41 Å². The molecule has 6 heteroatoms. The van der Waals surface area contributed by atoms with Crippen molar-refractivity contribution in [2.75, 3.05) is 19.8 Å². The zero-order valence-electron chi connectivity index (χ0n) is 15.4. The van der Waals surface area contributed by atoms with Gasteiger partial charge in [0.2, 0.25) is 0 Å². The Morgan fingerprint density at radius 1 is 1.24 bits per heavy atom. The SMILES string of the molecule is CCOc1cc(C(=O)N2CCCC2C(C)(C)C)ccc1OCC(=O)O. The summed E-state index contributed by atoms with van der Waals surface area (Å²) >= 11 is 0. The molecule has 0 saturated carbocycles. The first-order chi connectivity index (χ1) is 11.7. The van der Waals surface area contributed by atoms with E-state index in [2.05, 4.69) is 20.8 Å². The highest BCUT2D eigenvalue weighted by molar-refractivity contribution is 5.95. The van der Waals surface area contributed by atoms with Gasteiger partial charge in [0.15, 0.2) is 18.1 Å². The van der Waals surface area contributed by atoms with Crippen LogP contribution in [0, 0.1) is 5.41 Å². The lowest BCUT2D eigenvalue weighted by atomic mass is 9.85. The van der Waals surface area contributed by atoms with E-state index in [4.69, 9.17) is 14.6 Å². The predicted octanol–water partition coefficient (Wildman–Crippen LogP) is 3.20. The van der Waals surface area contributed by atoms with Crippen LogP contribution in [-0.2, 0) is 4.79 Å². The average Bonchev–Trinajstić information content (AvgIpc) is 3.03. The van der Waals surface area contributed by atoms with Crippen molar-refractivity contribution in [1.29, 1.82) is 0 Å². The van der Waals surface area contributed by atoms with E-state index in [0.29, 0.717) is 23.7 Å². The van der Waals surface area contributed by atoms with Gasteiger partial charge in [-0.25, -0.2) is 4.79 Å². The summed E-state index contributed by atoms with van der Waals surface area (Å²) in [6, 6.07) is 5.11. The lowest BCUT2D eigenvalue weighted by molar-refractivity contribution is -0.139. The third-order valence-corrected chi connectivity index (χ3v) is 4.35. The van der Waals surface area contributed by atoms with Crippen LogP contribution in [0.25, 0.3) is 0 Å². The summed E-state index contributed by atoms with van der Waals surface area (Å²) in [6.07, 6.45) is 2.01. The van der Waals surface area contributed by atoms with Crippen LogP contribution in [-0.4, -0.2) is 47.7 Å². The molecule has 1 aliphatic rings. The van der Waals surface area contributed by atoms with E-state index in [0.717, 1.165) is 19.4 Å². The topological polar surface area (TPSA) is 76.1 Å². The first-order valence-corrected chi connectivity index (χ1v) is 8.66. The molecule has 0 aliphatic carbocycles. The van der Waals surface area contributed by atoms with Crippen LogP contribution in [0.5, 0.6) is 11.5 Å². The number of benzene rings is 1. The standard InChI is InChI=1S/C19H27NO5/c1-5-24-15-11-13(8-9-14(15)25-12-17(21)22)18(23)20-10-6-7-16(20)19(2,3)4/h8-9,11,16H,5-7,10,12H2,1-4H3,(H,21,22). The van der Waals surface area contributed by atoms with E-state index in [1.165, 1.54) is 0 Å². The zero-order chi connectivity index (χ0) is 18.6. The van der Waals surface area contributed by atoms with Crippen LogP contribution < -0.4 is 9.47 Å². The molecule has 138 valence electrons. The minimum Gasteiger partial charge on any atom is -0.490 e. The summed E-state index contributed by atoms with van der Waals surface area (Å²) in [5, 5.41) is 8.76. The molecule has 6 nitrogen and oxygen atoms in total. The number of nitrogens with zero attached hydrogens (tertiary/aromatic N) is 1. The Kier molecular flexibility index (Phi) is 5.93. The van der Waals surface area contributed by atoms with Gasteiger partial charge in [-0.3, -0.25) is 4.79 Å². The number of carbonyl (C=O) groups is 2. The average molecular weight is 349 g/mol. The predicted molar refractivity (Wildman–Crippen MR) is 94.3 cm³/mol. The minimum absolute atomic E-state index is 0.0248. The molecule has 0 aromatic heterocycles. The minimum atomic E-state index is -1.06. The molecule has 0 radical (unpaired) electrons. The largest absolute Gasteiger partial charge is 0.490 e. The molecule has 0 spiro atoms. The lowest BCUT2D eigenvalue weighted by Gasteiger charge is -2.35. The van der Waals surface area contributed by atoms with Gasteiger partial charge in [-0.15, -0.1) is 0 Å². The van der Waals surface area contributed by atoms with E-state index in [1.807, 2.05) is 11.8 Å². The number of hydrogen-bond donors (Lipinski definition) is 1. The van der Waals surface area contributed by atoms with E-state index in [9.17, 15) is 9.59 Å². The van der Waals surface area contributed by atoms with Crippen LogP contribution >= 0.6 is 0 Å². The van der Waals surface area contributed by atoms with Gasteiger partial charge >= 0.3 is 5.97 Å². The normalized spacial score (nSPS) is 17.4. The second-order valence-corrected chi connectivity index (χ2v) is 7.30. The van der Waals surface area contributed by atoms with Crippen LogP contribution in [0.3, 0.4) is 0 Å². The molecule has 1 unspecified atom stereocenters. The molecule has 1 aromatic carbocycles. The molecule has 1 aromatic rings. The molecule has 1 fully saturated rings. The van der Waals surface area contributed by atoms with Crippen molar-refractivity contribution in [3.8, 4) is 11.5 Å². The zero-order valence-corrected chi connectivity index (χ0v) is 15.4. The number of likely N-dealkylation sites (tertiary alicyclic amines) is 1. The molecular formula is C19H27NO5. The van der Waals surface area contributed by atoms with Crippen molar-refractivity contribution >= 4 is 11.9 Å². The van der Waals surface area contributed by atoms with Crippen LogP contribution in [0.1, 0.15) is 50.9 Å². The number of ether oxygens (including phenoxy) is 2.